The van der Waals surface area contributed by atoms with Crippen LogP contribution in [0.1, 0.15) is 29.4 Å². The summed E-state index contributed by atoms with van der Waals surface area (Å²) < 4.78 is 15.7. The van der Waals surface area contributed by atoms with Crippen molar-refractivity contribution in [2.45, 2.75) is 32.9 Å². The van der Waals surface area contributed by atoms with Crippen molar-refractivity contribution in [3.05, 3.63) is 53.1 Å². The smallest absolute Gasteiger partial charge is 0.224 e. The Labute approximate surface area is 153 Å². The number of amides is 1. The largest absolute Gasteiger partial charge is 0.335 e. The van der Waals surface area contributed by atoms with Crippen LogP contribution in [-0.2, 0) is 11.3 Å². The minimum absolute atomic E-state index is 0.0429. The first-order valence-corrected chi connectivity index (χ1v) is 9.29. The Hall–Kier alpha value is -2.21. The van der Waals surface area contributed by atoms with E-state index in [0.29, 0.717) is 24.8 Å². The van der Waals surface area contributed by atoms with Gasteiger partial charge in [0, 0.05) is 44.2 Å². The second-order valence-corrected chi connectivity index (χ2v) is 7.53. The van der Waals surface area contributed by atoms with E-state index >= 15 is 0 Å². The van der Waals surface area contributed by atoms with Gasteiger partial charge >= 0.3 is 0 Å². The lowest BCUT2D eigenvalue weighted by Crippen LogP contribution is -2.35. The summed E-state index contributed by atoms with van der Waals surface area (Å²) in [4.78, 5) is 15.0. The maximum absolute atomic E-state index is 13.8. The van der Waals surface area contributed by atoms with Crippen LogP contribution in [0.15, 0.2) is 30.3 Å². The zero-order valence-electron chi connectivity index (χ0n) is 15.3. The van der Waals surface area contributed by atoms with Crippen LogP contribution in [0.2, 0.25) is 0 Å². The molecule has 0 unspecified atom stereocenters. The zero-order valence-corrected chi connectivity index (χ0v) is 15.3. The van der Waals surface area contributed by atoms with Gasteiger partial charge < -0.3 is 10.2 Å². The Morgan fingerprint density at radius 3 is 2.88 bits per heavy atom. The van der Waals surface area contributed by atoms with Crippen LogP contribution in [0.4, 0.5) is 4.39 Å². The number of benzene rings is 1. The number of halogens is 1. The third kappa shape index (κ3) is 3.14. The van der Waals surface area contributed by atoms with E-state index in [1.165, 1.54) is 6.07 Å². The third-order valence-corrected chi connectivity index (χ3v) is 5.72. The molecule has 2 saturated heterocycles. The van der Waals surface area contributed by atoms with Gasteiger partial charge in [-0.25, -0.2) is 4.39 Å². The highest BCUT2D eigenvalue weighted by atomic mass is 19.1. The van der Waals surface area contributed by atoms with Crippen molar-refractivity contribution in [2.24, 2.45) is 11.8 Å². The molecule has 0 radical (unpaired) electrons. The summed E-state index contributed by atoms with van der Waals surface area (Å²) in [6.45, 7) is 7.10. The average molecular weight is 356 g/mol. The molecule has 26 heavy (non-hydrogen) atoms. The summed E-state index contributed by atoms with van der Waals surface area (Å²) in [5.74, 6) is 0.684. The van der Waals surface area contributed by atoms with Crippen molar-refractivity contribution in [2.75, 3.05) is 19.6 Å². The minimum atomic E-state index is -0.244. The highest BCUT2D eigenvalue weighted by Crippen LogP contribution is 2.43. The van der Waals surface area contributed by atoms with Crippen LogP contribution in [0.25, 0.3) is 0 Å². The Morgan fingerprint density at radius 2 is 2.15 bits per heavy atom. The molecule has 0 saturated carbocycles. The van der Waals surface area contributed by atoms with E-state index in [1.807, 2.05) is 35.6 Å². The van der Waals surface area contributed by atoms with Crippen LogP contribution in [0.5, 0.6) is 0 Å². The topological polar surface area (TPSA) is 50.2 Å². The highest BCUT2D eigenvalue weighted by molar-refractivity contribution is 5.77. The van der Waals surface area contributed by atoms with Crippen molar-refractivity contribution in [3.63, 3.8) is 0 Å². The monoisotopic (exact) mass is 356 g/mol. The van der Waals surface area contributed by atoms with Gasteiger partial charge in [-0.15, -0.1) is 0 Å². The number of fused-ring (bicyclic) bond motifs is 1. The summed E-state index contributed by atoms with van der Waals surface area (Å²) in [5, 5.41) is 7.86. The van der Waals surface area contributed by atoms with Crippen LogP contribution >= 0.6 is 0 Å². The summed E-state index contributed by atoms with van der Waals surface area (Å²) in [7, 11) is 0. The van der Waals surface area contributed by atoms with Crippen molar-refractivity contribution in [3.8, 4) is 0 Å². The predicted octanol–water partition coefficient (Wildman–Crippen LogP) is 2.45. The first kappa shape index (κ1) is 17.2. The second-order valence-electron chi connectivity index (χ2n) is 7.53. The van der Waals surface area contributed by atoms with Gasteiger partial charge in [-0.3, -0.25) is 9.48 Å². The number of hydrogen-bond donors (Lipinski definition) is 1. The number of aromatic nitrogens is 2. The lowest BCUT2D eigenvalue weighted by atomic mass is 9.89. The zero-order chi connectivity index (χ0) is 18.3. The van der Waals surface area contributed by atoms with Crippen molar-refractivity contribution in [1.82, 2.24) is 20.0 Å². The summed E-state index contributed by atoms with van der Waals surface area (Å²) in [5.41, 5.74) is 2.94. The summed E-state index contributed by atoms with van der Waals surface area (Å²) in [6, 6.07) is 8.68. The molecule has 2 aliphatic rings. The van der Waals surface area contributed by atoms with E-state index in [9.17, 15) is 9.18 Å². The molecule has 3 atom stereocenters. The molecule has 4 rings (SSSR count). The van der Waals surface area contributed by atoms with E-state index < -0.39 is 0 Å². The Balaban J connectivity index is 1.53. The molecule has 5 nitrogen and oxygen atoms in total. The van der Waals surface area contributed by atoms with E-state index in [0.717, 1.165) is 36.6 Å². The average Bonchev–Trinajstić information content (AvgIpc) is 3.26. The highest BCUT2D eigenvalue weighted by Gasteiger charge is 2.46. The summed E-state index contributed by atoms with van der Waals surface area (Å²) >= 11 is 0. The van der Waals surface area contributed by atoms with Gasteiger partial charge in [0.05, 0.1) is 11.7 Å². The van der Waals surface area contributed by atoms with E-state index in [-0.39, 0.29) is 17.8 Å². The molecule has 0 aliphatic carbocycles. The van der Waals surface area contributed by atoms with Gasteiger partial charge in [0.1, 0.15) is 5.82 Å². The summed E-state index contributed by atoms with van der Waals surface area (Å²) in [6.07, 6.45) is 0.417. The fourth-order valence-corrected chi connectivity index (χ4v) is 4.54. The number of aryl methyl sites for hydroxylation is 3. The molecule has 1 amide bonds. The Bertz CT molecular complexity index is 818. The number of hydrogen-bond acceptors (Lipinski definition) is 3. The Morgan fingerprint density at radius 1 is 1.31 bits per heavy atom. The van der Waals surface area contributed by atoms with Crippen LogP contribution in [-0.4, -0.2) is 40.2 Å². The number of likely N-dealkylation sites (tertiary alicyclic amines) is 1. The first-order valence-electron chi connectivity index (χ1n) is 9.29. The number of carbonyl (C=O) groups is 1. The third-order valence-electron chi connectivity index (χ3n) is 5.72. The van der Waals surface area contributed by atoms with Gasteiger partial charge in [0.25, 0.3) is 0 Å². The minimum Gasteiger partial charge on any atom is -0.335 e. The van der Waals surface area contributed by atoms with Gasteiger partial charge in [-0.05, 0) is 43.5 Å². The van der Waals surface area contributed by atoms with Crippen LogP contribution in [0.3, 0.4) is 0 Å². The van der Waals surface area contributed by atoms with Crippen molar-refractivity contribution in [1.29, 1.82) is 0 Å². The number of nitrogens with zero attached hydrogens (tertiary/aromatic N) is 3. The maximum Gasteiger partial charge on any atom is 0.224 e. The molecule has 2 fully saturated rings. The van der Waals surface area contributed by atoms with Crippen LogP contribution < -0.4 is 5.32 Å². The molecular formula is C20H25FN4O. The molecule has 2 aromatic rings. The standard InChI is InChI=1S/C20H25FN4O/c1-13-8-14(2)25(23-13)7-6-19(26)24-12-16-10-22-11-18(16)20(24)15-4-3-5-17(21)9-15/h3-5,8-9,16,18,20,22H,6-7,10-12H2,1-2H3/t16-,18-,20+/m0/s1. The van der Waals surface area contributed by atoms with E-state index in [1.54, 1.807) is 12.1 Å². The molecule has 2 aliphatic heterocycles. The fourth-order valence-electron chi connectivity index (χ4n) is 4.54. The van der Waals surface area contributed by atoms with Gasteiger partial charge in [-0.1, -0.05) is 12.1 Å². The fraction of sp³-hybridized carbons (Fsp3) is 0.500. The van der Waals surface area contributed by atoms with Gasteiger partial charge in [0.15, 0.2) is 0 Å². The molecular weight excluding hydrogens is 331 g/mol. The molecule has 138 valence electrons. The van der Waals surface area contributed by atoms with Gasteiger partial charge in [-0.2, -0.15) is 5.10 Å². The van der Waals surface area contributed by atoms with Gasteiger partial charge in [0.2, 0.25) is 5.91 Å². The predicted molar refractivity (Wildman–Crippen MR) is 97.0 cm³/mol. The Kier molecular flexibility index (Phi) is 4.53. The van der Waals surface area contributed by atoms with Crippen LogP contribution in [0, 0.1) is 31.5 Å². The molecule has 1 aromatic carbocycles. The maximum atomic E-state index is 13.8. The lowest BCUT2D eigenvalue weighted by Gasteiger charge is -2.28. The van der Waals surface area contributed by atoms with E-state index in [4.69, 9.17) is 0 Å². The molecule has 0 bridgehead atoms. The molecule has 3 heterocycles. The molecule has 1 N–H and O–H groups in total. The molecule has 6 heteroatoms. The number of nitrogens with one attached hydrogen (secondary N) is 1. The normalized spacial score (nSPS) is 24.9. The first-order chi connectivity index (χ1) is 12.5. The second kappa shape index (κ2) is 6.83. The quantitative estimate of drug-likeness (QED) is 0.915. The SMILES string of the molecule is Cc1cc(C)n(CCC(=O)N2C[C@@H]3CNC[C@@H]3[C@H]2c2cccc(F)c2)n1. The number of carbonyl (C=O) groups excluding carboxylic acids is 1. The lowest BCUT2D eigenvalue weighted by molar-refractivity contribution is -0.133. The van der Waals surface area contributed by atoms with E-state index in [2.05, 4.69) is 10.4 Å². The molecule has 1 aromatic heterocycles. The number of rotatable bonds is 4. The molecule has 0 spiro atoms. The van der Waals surface area contributed by atoms with Crippen molar-refractivity contribution >= 4 is 5.91 Å². The van der Waals surface area contributed by atoms with Crippen molar-refractivity contribution < 1.29 is 9.18 Å².